The molecule has 1 aromatic heterocycles. The molecule has 0 amide bonds. The van der Waals surface area contributed by atoms with E-state index in [1.165, 1.54) is 18.3 Å². The lowest BCUT2D eigenvalue weighted by atomic mass is 10.3. The van der Waals surface area contributed by atoms with Crippen LogP contribution in [0.5, 0.6) is 5.75 Å². The van der Waals surface area contributed by atoms with Gasteiger partial charge in [0, 0.05) is 12.6 Å². The van der Waals surface area contributed by atoms with Crippen LogP contribution in [0.25, 0.3) is 0 Å². The number of nitrogens with zero attached hydrogens (tertiary/aromatic N) is 1. The van der Waals surface area contributed by atoms with Crippen molar-refractivity contribution in [3.63, 3.8) is 0 Å². The highest BCUT2D eigenvalue weighted by Crippen LogP contribution is 2.13. The lowest BCUT2D eigenvalue weighted by Gasteiger charge is -2.00. The third-order valence-corrected chi connectivity index (χ3v) is 2.18. The van der Waals surface area contributed by atoms with Crippen molar-refractivity contribution >= 4 is 10.1 Å². The zero-order chi connectivity index (χ0) is 9.90. The van der Waals surface area contributed by atoms with Crippen LogP contribution in [0.3, 0.4) is 0 Å². The van der Waals surface area contributed by atoms with Gasteiger partial charge < -0.3 is 5.11 Å². The van der Waals surface area contributed by atoms with Crippen LogP contribution in [0.1, 0.15) is 5.69 Å². The maximum absolute atomic E-state index is 10.4. The van der Waals surface area contributed by atoms with E-state index in [-0.39, 0.29) is 17.9 Å². The summed E-state index contributed by atoms with van der Waals surface area (Å²) in [5.74, 6) is -0.497. The van der Waals surface area contributed by atoms with Gasteiger partial charge in [0.05, 0.1) is 11.4 Å². The van der Waals surface area contributed by atoms with E-state index in [0.717, 1.165) is 0 Å². The van der Waals surface area contributed by atoms with Gasteiger partial charge in [-0.1, -0.05) is 0 Å². The van der Waals surface area contributed by atoms with E-state index in [1.54, 1.807) is 0 Å². The molecule has 2 N–H and O–H groups in total. The summed E-state index contributed by atoms with van der Waals surface area (Å²) < 4.78 is 29.2. The summed E-state index contributed by atoms with van der Waals surface area (Å²) in [6, 6.07) is 2.94. The summed E-state index contributed by atoms with van der Waals surface area (Å²) in [6.07, 6.45) is 1.45. The summed E-state index contributed by atoms with van der Waals surface area (Å²) in [7, 11) is -3.99. The largest absolute Gasteiger partial charge is 0.506 e. The Balaban J connectivity index is 2.71. The van der Waals surface area contributed by atoms with Crippen LogP contribution in [0, 0.1) is 0 Å². The molecule has 72 valence electrons. The Morgan fingerprint density at radius 3 is 2.69 bits per heavy atom. The maximum Gasteiger partial charge on any atom is 0.265 e. The van der Waals surface area contributed by atoms with Crippen molar-refractivity contribution in [1.82, 2.24) is 4.98 Å². The van der Waals surface area contributed by atoms with Gasteiger partial charge in [-0.05, 0) is 12.1 Å². The van der Waals surface area contributed by atoms with Crippen molar-refractivity contribution in [2.75, 3.05) is 5.75 Å². The Hall–Kier alpha value is -1.14. The first-order chi connectivity index (χ1) is 5.99. The summed E-state index contributed by atoms with van der Waals surface area (Å²) >= 11 is 0. The van der Waals surface area contributed by atoms with Crippen molar-refractivity contribution in [1.29, 1.82) is 0 Å². The number of aryl methyl sites for hydroxylation is 1. The number of aromatic hydroxyl groups is 1. The van der Waals surface area contributed by atoms with Gasteiger partial charge in [-0.25, -0.2) is 0 Å². The molecule has 0 saturated heterocycles. The molecular weight excluding hydrogens is 194 g/mol. The predicted octanol–water partition coefficient (Wildman–Crippen LogP) is 0.217. The van der Waals surface area contributed by atoms with Crippen molar-refractivity contribution in [2.24, 2.45) is 0 Å². The van der Waals surface area contributed by atoms with Gasteiger partial charge in [-0.3, -0.25) is 9.54 Å². The second kappa shape index (κ2) is 3.71. The minimum absolute atomic E-state index is 0.00546. The fourth-order valence-corrected chi connectivity index (χ4v) is 1.30. The Bertz CT molecular complexity index is 387. The monoisotopic (exact) mass is 203 g/mol. The minimum atomic E-state index is -3.99. The molecule has 0 aromatic carbocycles. The maximum atomic E-state index is 10.4. The molecule has 0 spiro atoms. The Kier molecular flexibility index (Phi) is 2.84. The second-order valence-electron chi connectivity index (χ2n) is 2.51. The quantitative estimate of drug-likeness (QED) is 0.686. The highest BCUT2D eigenvalue weighted by atomic mass is 32.2. The molecule has 5 nitrogen and oxygen atoms in total. The third kappa shape index (κ3) is 3.39. The SMILES string of the molecule is O=S(=O)(O)CCc1ncccc1O. The molecule has 0 fully saturated rings. The molecule has 0 aliphatic rings. The van der Waals surface area contributed by atoms with E-state index in [0.29, 0.717) is 0 Å². The van der Waals surface area contributed by atoms with Crippen LogP contribution in [-0.2, 0) is 16.5 Å². The molecule has 0 bridgehead atoms. The molecule has 0 radical (unpaired) electrons. The second-order valence-corrected chi connectivity index (χ2v) is 4.08. The Labute approximate surface area is 75.8 Å². The first kappa shape index (κ1) is 9.94. The molecule has 0 aliphatic carbocycles. The topological polar surface area (TPSA) is 87.5 Å². The number of aromatic nitrogens is 1. The average Bonchev–Trinajstić information content (AvgIpc) is 2.01. The third-order valence-electron chi connectivity index (χ3n) is 1.46. The summed E-state index contributed by atoms with van der Waals surface area (Å²) in [5, 5.41) is 9.17. The standard InChI is InChI=1S/C7H9NO4S/c9-7-2-1-4-8-6(7)3-5-13(10,11)12/h1-2,4,9H,3,5H2,(H,10,11,12). The molecule has 1 heterocycles. The van der Waals surface area contributed by atoms with Gasteiger partial charge in [0.2, 0.25) is 0 Å². The van der Waals surface area contributed by atoms with Crippen LogP contribution in [0.15, 0.2) is 18.3 Å². The number of hydrogen-bond donors (Lipinski definition) is 2. The van der Waals surface area contributed by atoms with E-state index in [4.69, 9.17) is 9.66 Å². The highest BCUT2D eigenvalue weighted by molar-refractivity contribution is 7.85. The van der Waals surface area contributed by atoms with Gasteiger partial charge in [0.25, 0.3) is 10.1 Å². The Morgan fingerprint density at radius 1 is 1.46 bits per heavy atom. The summed E-state index contributed by atoms with van der Waals surface area (Å²) in [4.78, 5) is 3.76. The van der Waals surface area contributed by atoms with Crippen LogP contribution >= 0.6 is 0 Å². The van der Waals surface area contributed by atoms with E-state index in [2.05, 4.69) is 4.98 Å². The van der Waals surface area contributed by atoms with Crippen molar-refractivity contribution in [2.45, 2.75) is 6.42 Å². The molecular formula is C7H9NO4S. The van der Waals surface area contributed by atoms with Gasteiger partial charge in [0.15, 0.2) is 0 Å². The highest BCUT2D eigenvalue weighted by Gasteiger charge is 2.08. The number of rotatable bonds is 3. The van der Waals surface area contributed by atoms with Crippen LogP contribution in [0.2, 0.25) is 0 Å². The average molecular weight is 203 g/mol. The molecule has 13 heavy (non-hydrogen) atoms. The van der Waals surface area contributed by atoms with Crippen LogP contribution in [-0.4, -0.2) is 28.8 Å². The molecule has 0 unspecified atom stereocenters. The van der Waals surface area contributed by atoms with Crippen molar-refractivity contribution < 1.29 is 18.1 Å². The van der Waals surface area contributed by atoms with E-state index < -0.39 is 15.9 Å². The molecule has 0 aliphatic heterocycles. The van der Waals surface area contributed by atoms with Crippen molar-refractivity contribution in [3.8, 4) is 5.75 Å². The van der Waals surface area contributed by atoms with E-state index >= 15 is 0 Å². The zero-order valence-corrected chi connectivity index (χ0v) is 7.53. The molecule has 0 atom stereocenters. The first-order valence-corrected chi connectivity index (χ1v) is 5.18. The molecule has 1 aromatic rings. The summed E-state index contributed by atoms with van der Waals surface area (Å²) in [6.45, 7) is 0. The lowest BCUT2D eigenvalue weighted by Crippen LogP contribution is -2.07. The molecule has 6 heteroatoms. The number of hydrogen-bond acceptors (Lipinski definition) is 4. The number of pyridine rings is 1. The molecule has 1 rings (SSSR count). The zero-order valence-electron chi connectivity index (χ0n) is 6.71. The normalized spacial score (nSPS) is 11.5. The Morgan fingerprint density at radius 2 is 2.15 bits per heavy atom. The van der Waals surface area contributed by atoms with Crippen molar-refractivity contribution in [3.05, 3.63) is 24.0 Å². The fourth-order valence-electron chi connectivity index (χ4n) is 0.848. The van der Waals surface area contributed by atoms with Gasteiger partial charge in [-0.2, -0.15) is 8.42 Å². The van der Waals surface area contributed by atoms with Gasteiger partial charge >= 0.3 is 0 Å². The van der Waals surface area contributed by atoms with Gasteiger partial charge in [0.1, 0.15) is 5.75 Å². The van der Waals surface area contributed by atoms with Crippen LogP contribution < -0.4 is 0 Å². The van der Waals surface area contributed by atoms with E-state index in [9.17, 15) is 8.42 Å². The molecule has 0 saturated carbocycles. The summed E-state index contributed by atoms with van der Waals surface area (Å²) in [5.41, 5.74) is 0.264. The first-order valence-electron chi connectivity index (χ1n) is 3.57. The smallest absolute Gasteiger partial charge is 0.265 e. The van der Waals surface area contributed by atoms with Crippen LogP contribution in [0.4, 0.5) is 0 Å². The predicted molar refractivity (Wildman–Crippen MR) is 46.0 cm³/mol. The lowest BCUT2D eigenvalue weighted by molar-refractivity contribution is 0.462. The van der Waals surface area contributed by atoms with E-state index in [1.807, 2.05) is 0 Å². The minimum Gasteiger partial charge on any atom is -0.506 e. The fraction of sp³-hybridized carbons (Fsp3) is 0.286. The van der Waals surface area contributed by atoms with Gasteiger partial charge in [-0.15, -0.1) is 0 Å².